The highest BCUT2D eigenvalue weighted by molar-refractivity contribution is 5.92. The molecular weight excluding hydrogens is 264 g/mol. The first-order valence-corrected chi connectivity index (χ1v) is 7.14. The number of hydrogen-bond acceptors (Lipinski definition) is 4. The molecule has 1 aromatic heterocycles. The number of carbonyl (C=O) groups excluding carboxylic acids is 1. The van der Waals surface area contributed by atoms with Gasteiger partial charge in [-0.25, -0.2) is 4.98 Å². The molecule has 1 amide bonds. The lowest BCUT2D eigenvalue weighted by atomic mass is 10.0. The van der Waals surface area contributed by atoms with E-state index in [1.807, 2.05) is 4.90 Å². The van der Waals surface area contributed by atoms with Gasteiger partial charge in [0, 0.05) is 20.1 Å². The standard InChI is InChI=1S/C16H18N4O/c1-17-15-11-18-10-14(19-15)16(21)20-8-6-12-4-2-3-5-13(12)7-9-20/h2-5,10-11H,6-9H2,1H3,(H,17,19). The lowest BCUT2D eigenvalue weighted by Crippen LogP contribution is -2.34. The summed E-state index contributed by atoms with van der Waals surface area (Å²) in [5, 5.41) is 2.91. The molecular formula is C16H18N4O. The number of fused-ring (bicyclic) bond motifs is 1. The van der Waals surface area contributed by atoms with Crippen LogP contribution in [0.1, 0.15) is 21.6 Å². The second-order valence-corrected chi connectivity index (χ2v) is 5.10. The lowest BCUT2D eigenvalue weighted by molar-refractivity contribution is 0.0757. The van der Waals surface area contributed by atoms with Gasteiger partial charge >= 0.3 is 0 Å². The maximum Gasteiger partial charge on any atom is 0.274 e. The zero-order chi connectivity index (χ0) is 14.7. The third-order valence-corrected chi connectivity index (χ3v) is 3.82. The Morgan fingerprint density at radius 1 is 1.14 bits per heavy atom. The molecule has 1 aromatic carbocycles. The van der Waals surface area contributed by atoms with Crippen LogP contribution in [0.5, 0.6) is 0 Å². The van der Waals surface area contributed by atoms with Gasteiger partial charge in [-0.15, -0.1) is 0 Å². The van der Waals surface area contributed by atoms with Crippen molar-refractivity contribution in [2.24, 2.45) is 0 Å². The van der Waals surface area contributed by atoms with Gasteiger partial charge in [-0.2, -0.15) is 0 Å². The number of benzene rings is 1. The van der Waals surface area contributed by atoms with Crippen molar-refractivity contribution in [3.63, 3.8) is 0 Å². The Bertz CT molecular complexity index is 629. The number of nitrogens with zero attached hydrogens (tertiary/aromatic N) is 3. The van der Waals surface area contributed by atoms with Crippen molar-refractivity contribution in [3.8, 4) is 0 Å². The fraction of sp³-hybridized carbons (Fsp3) is 0.312. The number of amides is 1. The third-order valence-electron chi connectivity index (χ3n) is 3.82. The van der Waals surface area contributed by atoms with Crippen LogP contribution in [0.15, 0.2) is 36.7 Å². The van der Waals surface area contributed by atoms with Gasteiger partial charge in [-0.3, -0.25) is 9.78 Å². The fourth-order valence-electron chi connectivity index (χ4n) is 2.62. The minimum Gasteiger partial charge on any atom is -0.372 e. The van der Waals surface area contributed by atoms with E-state index in [0.717, 1.165) is 25.9 Å². The fourth-order valence-corrected chi connectivity index (χ4v) is 2.62. The van der Waals surface area contributed by atoms with Crippen molar-refractivity contribution < 1.29 is 4.79 Å². The number of aromatic nitrogens is 2. The molecule has 0 bridgehead atoms. The summed E-state index contributed by atoms with van der Waals surface area (Å²) in [6.07, 6.45) is 4.92. The molecule has 1 N–H and O–H groups in total. The highest BCUT2D eigenvalue weighted by atomic mass is 16.2. The lowest BCUT2D eigenvalue weighted by Gasteiger charge is -2.19. The van der Waals surface area contributed by atoms with Crippen molar-refractivity contribution in [1.82, 2.24) is 14.9 Å². The normalized spacial score (nSPS) is 14.2. The quantitative estimate of drug-likeness (QED) is 0.912. The Hall–Kier alpha value is -2.43. The first-order chi connectivity index (χ1) is 10.3. The van der Waals surface area contributed by atoms with E-state index < -0.39 is 0 Å². The van der Waals surface area contributed by atoms with E-state index in [1.54, 1.807) is 13.2 Å². The minimum atomic E-state index is -0.0487. The van der Waals surface area contributed by atoms with E-state index in [2.05, 4.69) is 39.6 Å². The van der Waals surface area contributed by atoms with Gasteiger partial charge in [0.2, 0.25) is 0 Å². The van der Waals surface area contributed by atoms with Gasteiger partial charge in [0.15, 0.2) is 0 Å². The number of rotatable bonds is 2. The van der Waals surface area contributed by atoms with E-state index in [9.17, 15) is 4.79 Å². The topological polar surface area (TPSA) is 58.1 Å². The maximum atomic E-state index is 12.6. The third kappa shape index (κ3) is 2.86. The van der Waals surface area contributed by atoms with Crippen LogP contribution < -0.4 is 5.32 Å². The molecule has 1 aliphatic rings. The van der Waals surface area contributed by atoms with Crippen LogP contribution in [0, 0.1) is 0 Å². The van der Waals surface area contributed by atoms with Crippen molar-refractivity contribution in [2.75, 3.05) is 25.5 Å². The van der Waals surface area contributed by atoms with E-state index in [-0.39, 0.29) is 5.91 Å². The molecule has 5 heteroatoms. The average Bonchev–Trinajstić information content (AvgIpc) is 2.77. The van der Waals surface area contributed by atoms with Gasteiger partial charge < -0.3 is 10.2 Å². The molecule has 2 heterocycles. The first-order valence-electron chi connectivity index (χ1n) is 7.14. The van der Waals surface area contributed by atoms with Gasteiger partial charge in [0.05, 0.1) is 12.4 Å². The molecule has 3 rings (SSSR count). The molecule has 0 atom stereocenters. The molecule has 0 saturated heterocycles. The Kier molecular flexibility index (Phi) is 3.81. The number of nitrogens with one attached hydrogen (secondary N) is 1. The Morgan fingerprint density at radius 3 is 2.43 bits per heavy atom. The van der Waals surface area contributed by atoms with Crippen LogP contribution in [-0.2, 0) is 12.8 Å². The molecule has 0 saturated carbocycles. The summed E-state index contributed by atoms with van der Waals surface area (Å²) < 4.78 is 0. The summed E-state index contributed by atoms with van der Waals surface area (Å²) in [7, 11) is 1.76. The number of anilines is 1. The molecule has 0 radical (unpaired) electrons. The van der Waals surface area contributed by atoms with Crippen molar-refractivity contribution in [1.29, 1.82) is 0 Å². The smallest absolute Gasteiger partial charge is 0.274 e. The predicted octanol–water partition coefficient (Wildman–Crippen LogP) is 1.76. The van der Waals surface area contributed by atoms with Crippen LogP contribution >= 0.6 is 0 Å². The molecule has 0 spiro atoms. The van der Waals surface area contributed by atoms with Gasteiger partial charge in [0.25, 0.3) is 5.91 Å². The minimum absolute atomic E-state index is 0.0487. The summed E-state index contributed by atoms with van der Waals surface area (Å²) in [5.41, 5.74) is 3.07. The van der Waals surface area contributed by atoms with Gasteiger partial charge in [-0.05, 0) is 24.0 Å². The van der Waals surface area contributed by atoms with Crippen LogP contribution in [-0.4, -0.2) is 40.9 Å². The first kappa shape index (κ1) is 13.5. The zero-order valence-corrected chi connectivity index (χ0v) is 12.0. The van der Waals surface area contributed by atoms with Gasteiger partial charge in [0.1, 0.15) is 11.5 Å². The van der Waals surface area contributed by atoms with Crippen LogP contribution in [0.25, 0.3) is 0 Å². The molecule has 21 heavy (non-hydrogen) atoms. The van der Waals surface area contributed by atoms with E-state index in [1.165, 1.54) is 17.3 Å². The highest BCUT2D eigenvalue weighted by Gasteiger charge is 2.20. The molecule has 0 unspecified atom stereocenters. The number of hydrogen-bond donors (Lipinski definition) is 1. The molecule has 108 valence electrons. The Balaban J connectivity index is 1.77. The van der Waals surface area contributed by atoms with E-state index in [4.69, 9.17) is 0 Å². The summed E-state index contributed by atoms with van der Waals surface area (Å²) in [5.74, 6) is 0.561. The van der Waals surface area contributed by atoms with Gasteiger partial charge in [-0.1, -0.05) is 24.3 Å². The second-order valence-electron chi connectivity index (χ2n) is 5.10. The van der Waals surface area contributed by atoms with E-state index in [0.29, 0.717) is 11.5 Å². The predicted molar refractivity (Wildman–Crippen MR) is 81.3 cm³/mol. The second kappa shape index (κ2) is 5.91. The van der Waals surface area contributed by atoms with Crippen molar-refractivity contribution >= 4 is 11.7 Å². The van der Waals surface area contributed by atoms with Crippen molar-refractivity contribution in [2.45, 2.75) is 12.8 Å². The average molecular weight is 282 g/mol. The Labute approximate surface area is 124 Å². The summed E-state index contributed by atoms with van der Waals surface area (Å²) in [6, 6.07) is 8.39. The van der Waals surface area contributed by atoms with E-state index >= 15 is 0 Å². The largest absolute Gasteiger partial charge is 0.372 e. The number of carbonyl (C=O) groups is 1. The van der Waals surface area contributed by atoms with Crippen LogP contribution in [0.2, 0.25) is 0 Å². The molecule has 0 fully saturated rings. The van der Waals surface area contributed by atoms with Crippen LogP contribution in [0.3, 0.4) is 0 Å². The van der Waals surface area contributed by atoms with Crippen LogP contribution in [0.4, 0.5) is 5.82 Å². The molecule has 1 aliphatic heterocycles. The summed E-state index contributed by atoms with van der Waals surface area (Å²) in [4.78, 5) is 22.8. The monoisotopic (exact) mass is 282 g/mol. The molecule has 5 nitrogen and oxygen atoms in total. The molecule has 2 aromatic rings. The Morgan fingerprint density at radius 2 is 1.81 bits per heavy atom. The maximum absolute atomic E-state index is 12.6. The highest BCUT2D eigenvalue weighted by Crippen LogP contribution is 2.16. The summed E-state index contributed by atoms with van der Waals surface area (Å²) in [6.45, 7) is 1.45. The zero-order valence-electron chi connectivity index (χ0n) is 12.0. The SMILES string of the molecule is CNc1cncc(C(=O)N2CCc3ccccc3CC2)n1. The van der Waals surface area contributed by atoms with Crippen molar-refractivity contribution in [3.05, 3.63) is 53.5 Å². The molecule has 0 aliphatic carbocycles. The summed E-state index contributed by atoms with van der Waals surface area (Å²) >= 11 is 0.